The highest BCUT2D eigenvalue weighted by molar-refractivity contribution is 7.80. The Labute approximate surface area is 144 Å². The van der Waals surface area contributed by atoms with Crippen molar-refractivity contribution in [3.63, 3.8) is 0 Å². The molecule has 0 amide bonds. The van der Waals surface area contributed by atoms with Gasteiger partial charge in [-0.2, -0.15) is 0 Å². The molecule has 2 aromatic carbocycles. The third-order valence-corrected chi connectivity index (χ3v) is 4.03. The fourth-order valence-electron chi connectivity index (χ4n) is 2.32. The Balaban J connectivity index is 2.03. The molecular formula is C19H24N2OS. The van der Waals surface area contributed by atoms with Crippen molar-refractivity contribution in [1.82, 2.24) is 5.32 Å². The number of aryl methyl sites for hydroxylation is 2. The molecule has 0 radical (unpaired) electrons. The van der Waals surface area contributed by atoms with Crippen LogP contribution in [0.4, 0.5) is 5.69 Å². The maximum atomic E-state index is 5.61. The molecule has 2 aromatic rings. The van der Waals surface area contributed by atoms with Crippen LogP contribution in [-0.2, 0) is 0 Å². The molecule has 3 nitrogen and oxygen atoms in total. The summed E-state index contributed by atoms with van der Waals surface area (Å²) in [6.45, 7) is 8.94. The smallest absolute Gasteiger partial charge is 0.171 e. The van der Waals surface area contributed by atoms with Gasteiger partial charge in [-0.15, -0.1) is 0 Å². The minimum absolute atomic E-state index is 0.133. The minimum atomic E-state index is 0.133. The van der Waals surface area contributed by atoms with Gasteiger partial charge in [-0.25, -0.2) is 0 Å². The van der Waals surface area contributed by atoms with Crippen molar-refractivity contribution in [2.45, 2.75) is 33.7 Å². The Bertz CT molecular complexity index is 685. The number of anilines is 1. The summed E-state index contributed by atoms with van der Waals surface area (Å²) < 4.78 is 5.61. The summed E-state index contributed by atoms with van der Waals surface area (Å²) in [5.74, 6) is 0.804. The van der Waals surface area contributed by atoms with E-state index in [1.165, 1.54) is 16.7 Å². The van der Waals surface area contributed by atoms with E-state index in [0.717, 1.165) is 11.4 Å². The van der Waals surface area contributed by atoms with Crippen molar-refractivity contribution in [3.8, 4) is 5.75 Å². The second kappa shape index (κ2) is 7.97. The van der Waals surface area contributed by atoms with Gasteiger partial charge in [-0.05, 0) is 68.7 Å². The van der Waals surface area contributed by atoms with E-state index in [2.05, 4.69) is 49.6 Å². The largest absolute Gasteiger partial charge is 0.492 e. The molecule has 0 aliphatic heterocycles. The zero-order valence-electron chi connectivity index (χ0n) is 14.1. The van der Waals surface area contributed by atoms with E-state index in [-0.39, 0.29) is 6.04 Å². The molecule has 0 aliphatic rings. The maximum absolute atomic E-state index is 5.61. The quantitative estimate of drug-likeness (QED) is 0.776. The zero-order valence-corrected chi connectivity index (χ0v) is 15.0. The number of ether oxygens (including phenoxy) is 1. The number of hydrogen-bond acceptors (Lipinski definition) is 2. The number of hydrogen-bond donors (Lipinski definition) is 2. The van der Waals surface area contributed by atoms with E-state index in [1.54, 1.807) is 0 Å². The van der Waals surface area contributed by atoms with Crippen LogP contribution in [0.15, 0.2) is 42.5 Å². The Morgan fingerprint density at radius 2 is 1.87 bits per heavy atom. The fraction of sp³-hybridized carbons (Fsp3) is 0.316. The molecule has 23 heavy (non-hydrogen) atoms. The lowest BCUT2D eigenvalue weighted by molar-refractivity contribution is 0.342. The highest BCUT2D eigenvalue weighted by atomic mass is 32.1. The van der Waals surface area contributed by atoms with Crippen molar-refractivity contribution in [1.29, 1.82) is 0 Å². The summed E-state index contributed by atoms with van der Waals surface area (Å²) in [7, 11) is 0. The van der Waals surface area contributed by atoms with Crippen molar-refractivity contribution in [3.05, 3.63) is 59.2 Å². The normalized spacial score (nSPS) is 11.7. The molecular weight excluding hydrogens is 304 g/mol. The molecule has 0 fully saturated rings. The SMILES string of the molecule is CCOc1ccccc1NC(=S)N[C@@H](C)c1ccc(C)c(C)c1. The number of thiocarbonyl (C=S) groups is 1. The second-order valence-electron chi connectivity index (χ2n) is 5.59. The molecule has 1 atom stereocenters. The summed E-state index contributed by atoms with van der Waals surface area (Å²) in [5, 5.41) is 7.13. The van der Waals surface area contributed by atoms with Gasteiger partial charge in [0.05, 0.1) is 18.3 Å². The van der Waals surface area contributed by atoms with Gasteiger partial charge in [-0.1, -0.05) is 30.3 Å². The molecule has 0 aliphatic carbocycles. The van der Waals surface area contributed by atoms with E-state index >= 15 is 0 Å². The van der Waals surface area contributed by atoms with Crippen LogP contribution in [0.25, 0.3) is 0 Å². The molecule has 0 aromatic heterocycles. The summed E-state index contributed by atoms with van der Waals surface area (Å²) in [6.07, 6.45) is 0. The number of benzene rings is 2. The van der Waals surface area contributed by atoms with Crippen LogP contribution in [-0.4, -0.2) is 11.7 Å². The van der Waals surface area contributed by atoms with Gasteiger partial charge in [0.2, 0.25) is 0 Å². The van der Waals surface area contributed by atoms with Crippen molar-refractivity contribution in [2.75, 3.05) is 11.9 Å². The summed E-state index contributed by atoms with van der Waals surface area (Å²) >= 11 is 5.44. The standard InChI is InChI=1S/C19H24N2OS/c1-5-22-18-9-7-6-8-17(18)21-19(23)20-15(4)16-11-10-13(2)14(3)12-16/h6-12,15H,5H2,1-4H3,(H2,20,21,23)/t15-/m0/s1. The van der Waals surface area contributed by atoms with Gasteiger partial charge in [-0.3, -0.25) is 0 Å². The van der Waals surface area contributed by atoms with Gasteiger partial charge in [0.15, 0.2) is 5.11 Å². The average molecular weight is 328 g/mol. The molecule has 0 unspecified atom stereocenters. The van der Waals surface area contributed by atoms with Crippen LogP contribution in [0.3, 0.4) is 0 Å². The van der Waals surface area contributed by atoms with Crippen LogP contribution in [0, 0.1) is 13.8 Å². The Morgan fingerprint density at radius 3 is 2.57 bits per heavy atom. The van der Waals surface area contributed by atoms with Crippen molar-refractivity contribution in [2.24, 2.45) is 0 Å². The van der Waals surface area contributed by atoms with E-state index in [0.29, 0.717) is 11.7 Å². The molecule has 4 heteroatoms. The maximum Gasteiger partial charge on any atom is 0.171 e. The molecule has 2 N–H and O–H groups in total. The Kier molecular flexibility index (Phi) is 5.99. The predicted molar refractivity (Wildman–Crippen MR) is 101 cm³/mol. The first-order chi connectivity index (χ1) is 11.0. The van der Waals surface area contributed by atoms with Crippen molar-refractivity contribution < 1.29 is 4.74 Å². The molecule has 0 spiro atoms. The van der Waals surface area contributed by atoms with E-state index in [9.17, 15) is 0 Å². The fourth-order valence-corrected chi connectivity index (χ4v) is 2.61. The topological polar surface area (TPSA) is 33.3 Å². The van der Waals surface area contributed by atoms with Gasteiger partial charge in [0, 0.05) is 0 Å². The minimum Gasteiger partial charge on any atom is -0.492 e. The second-order valence-corrected chi connectivity index (χ2v) is 6.00. The summed E-state index contributed by atoms with van der Waals surface area (Å²) in [5.41, 5.74) is 4.68. The molecule has 0 heterocycles. The lowest BCUT2D eigenvalue weighted by Gasteiger charge is -2.19. The lowest BCUT2D eigenvalue weighted by atomic mass is 10.0. The summed E-state index contributed by atoms with van der Waals surface area (Å²) in [4.78, 5) is 0. The van der Waals surface area contributed by atoms with Crippen LogP contribution >= 0.6 is 12.2 Å². The van der Waals surface area contributed by atoms with Crippen LogP contribution in [0.1, 0.15) is 36.6 Å². The monoisotopic (exact) mass is 328 g/mol. The van der Waals surface area contributed by atoms with Gasteiger partial charge in [0.25, 0.3) is 0 Å². The Hall–Kier alpha value is -2.07. The average Bonchev–Trinajstić information content (AvgIpc) is 2.52. The zero-order chi connectivity index (χ0) is 16.8. The first-order valence-corrected chi connectivity index (χ1v) is 8.28. The molecule has 0 saturated carbocycles. The molecule has 2 rings (SSSR count). The Morgan fingerprint density at radius 1 is 1.13 bits per heavy atom. The number of rotatable bonds is 5. The number of para-hydroxylation sites is 2. The van der Waals surface area contributed by atoms with Gasteiger partial charge >= 0.3 is 0 Å². The first-order valence-electron chi connectivity index (χ1n) is 7.87. The summed E-state index contributed by atoms with van der Waals surface area (Å²) in [6, 6.07) is 14.4. The predicted octanol–water partition coefficient (Wildman–Crippen LogP) is 4.75. The highest BCUT2D eigenvalue weighted by Gasteiger charge is 2.10. The first kappa shape index (κ1) is 17.3. The van der Waals surface area contributed by atoms with Crippen LogP contribution in [0.2, 0.25) is 0 Å². The van der Waals surface area contributed by atoms with Crippen molar-refractivity contribution >= 4 is 23.0 Å². The van der Waals surface area contributed by atoms with Gasteiger partial charge < -0.3 is 15.4 Å². The third kappa shape index (κ3) is 4.70. The molecule has 0 bridgehead atoms. The van der Waals surface area contributed by atoms with E-state index in [4.69, 9.17) is 17.0 Å². The number of nitrogens with one attached hydrogen (secondary N) is 2. The highest BCUT2D eigenvalue weighted by Crippen LogP contribution is 2.24. The third-order valence-electron chi connectivity index (χ3n) is 3.81. The van der Waals surface area contributed by atoms with Crippen LogP contribution in [0.5, 0.6) is 5.75 Å². The van der Waals surface area contributed by atoms with Gasteiger partial charge in [0.1, 0.15) is 5.75 Å². The lowest BCUT2D eigenvalue weighted by Crippen LogP contribution is -2.31. The van der Waals surface area contributed by atoms with E-state index in [1.807, 2.05) is 31.2 Å². The van der Waals surface area contributed by atoms with Crippen LogP contribution < -0.4 is 15.4 Å². The van der Waals surface area contributed by atoms with E-state index < -0.39 is 0 Å². The molecule has 122 valence electrons. The molecule has 0 saturated heterocycles.